The number of rotatable bonds is 2. The zero-order valence-electron chi connectivity index (χ0n) is 8.51. The van der Waals surface area contributed by atoms with Crippen molar-refractivity contribution in [3.8, 4) is 5.88 Å². The van der Waals surface area contributed by atoms with E-state index in [1.807, 2.05) is 13.0 Å². The summed E-state index contributed by atoms with van der Waals surface area (Å²) in [5.74, 6) is -0.229. The fourth-order valence-electron chi connectivity index (χ4n) is 1.65. The van der Waals surface area contributed by atoms with Gasteiger partial charge in [0.2, 0.25) is 0 Å². The molecule has 0 aliphatic heterocycles. The number of aromatic nitrogens is 2. The van der Waals surface area contributed by atoms with Gasteiger partial charge in [0.15, 0.2) is 0 Å². The first-order valence-electron chi connectivity index (χ1n) is 4.95. The minimum atomic E-state index is -0.275. The summed E-state index contributed by atoms with van der Waals surface area (Å²) in [6, 6.07) is 6.50. The minimum absolute atomic E-state index is 0.229. The predicted molar refractivity (Wildman–Crippen MR) is 53.6 cm³/mol. The van der Waals surface area contributed by atoms with Crippen LogP contribution in [0.25, 0.3) is 5.65 Å². The molecule has 0 aromatic carbocycles. The van der Waals surface area contributed by atoms with Gasteiger partial charge in [-0.25, -0.2) is 9.36 Å². The summed E-state index contributed by atoms with van der Waals surface area (Å²) in [4.78, 5) is 11.5. The van der Waals surface area contributed by atoms with Gasteiger partial charge in [-0.05, 0) is 12.5 Å². The van der Waals surface area contributed by atoms with Gasteiger partial charge >= 0.3 is 5.56 Å². The Balaban J connectivity index is 2.83. The molecule has 2 rings (SSSR count). The van der Waals surface area contributed by atoms with Crippen LogP contribution in [0.3, 0.4) is 0 Å². The van der Waals surface area contributed by atoms with Gasteiger partial charge in [0, 0.05) is 6.07 Å². The number of hydrogen-bond acceptors (Lipinski definition) is 2. The molecule has 0 atom stereocenters. The largest absolute Gasteiger partial charge is 0.842 e. The maximum absolute atomic E-state index is 11.6. The van der Waals surface area contributed by atoms with Crippen molar-refractivity contribution < 1.29 is 9.67 Å². The standard InChI is InChI=1S/C11H12N2O2/c1-2-6-12-9-5-3-4-7-13(9)11(15)8-10(12)14/h3-5,7-8H,2,6H2,1H3. The van der Waals surface area contributed by atoms with E-state index < -0.39 is 0 Å². The Morgan fingerprint density at radius 3 is 3.00 bits per heavy atom. The van der Waals surface area contributed by atoms with E-state index in [0.717, 1.165) is 12.5 Å². The van der Waals surface area contributed by atoms with Gasteiger partial charge < -0.3 is 5.11 Å². The molecule has 0 saturated carbocycles. The van der Waals surface area contributed by atoms with Crippen LogP contribution in [0.4, 0.5) is 0 Å². The van der Waals surface area contributed by atoms with E-state index >= 15 is 0 Å². The van der Waals surface area contributed by atoms with Crippen LogP contribution in [0.1, 0.15) is 13.3 Å². The van der Waals surface area contributed by atoms with E-state index in [9.17, 15) is 9.90 Å². The third kappa shape index (κ3) is 1.58. The second-order valence-electron chi connectivity index (χ2n) is 3.40. The van der Waals surface area contributed by atoms with Gasteiger partial charge in [-0.15, -0.1) is 0 Å². The van der Waals surface area contributed by atoms with Crippen LogP contribution in [0.5, 0.6) is 5.88 Å². The van der Waals surface area contributed by atoms with Gasteiger partial charge in [0.05, 0.1) is 24.7 Å². The molecule has 0 bridgehead atoms. The Morgan fingerprint density at radius 2 is 2.27 bits per heavy atom. The predicted octanol–water partition coefficient (Wildman–Crippen LogP) is 0.0706. The Morgan fingerprint density at radius 1 is 1.47 bits per heavy atom. The highest BCUT2D eigenvalue weighted by Gasteiger charge is 2.09. The van der Waals surface area contributed by atoms with E-state index in [1.165, 1.54) is 4.40 Å². The topological polar surface area (TPSA) is 48.4 Å². The third-order valence-corrected chi connectivity index (χ3v) is 2.31. The first-order valence-corrected chi connectivity index (χ1v) is 4.95. The number of fused-ring (bicyclic) bond motifs is 1. The van der Waals surface area contributed by atoms with Crippen molar-refractivity contribution in [1.82, 2.24) is 4.40 Å². The van der Waals surface area contributed by atoms with Crippen molar-refractivity contribution in [2.75, 3.05) is 0 Å². The van der Waals surface area contributed by atoms with Crippen LogP contribution >= 0.6 is 0 Å². The smallest absolute Gasteiger partial charge is 0.341 e. The zero-order valence-corrected chi connectivity index (χ0v) is 8.51. The highest BCUT2D eigenvalue weighted by molar-refractivity contribution is 5.31. The fraction of sp³-hybridized carbons (Fsp3) is 0.273. The fourth-order valence-corrected chi connectivity index (χ4v) is 1.65. The maximum atomic E-state index is 11.6. The molecule has 0 N–H and O–H groups in total. The van der Waals surface area contributed by atoms with Crippen LogP contribution in [0.2, 0.25) is 0 Å². The Hall–Kier alpha value is -1.84. The highest BCUT2D eigenvalue weighted by atomic mass is 16.3. The molecule has 0 aliphatic rings. The molecule has 4 heteroatoms. The highest BCUT2D eigenvalue weighted by Crippen LogP contribution is 1.99. The molecule has 2 aromatic heterocycles. The Labute approximate surface area is 87.0 Å². The molecule has 0 aliphatic carbocycles. The van der Waals surface area contributed by atoms with Crippen molar-refractivity contribution in [3.05, 3.63) is 40.8 Å². The summed E-state index contributed by atoms with van der Waals surface area (Å²) in [6.07, 6.45) is 2.53. The van der Waals surface area contributed by atoms with E-state index in [-0.39, 0.29) is 11.4 Å². The molecule has 0 spiro atoms. The molecule has 0 saturated heterocycles. The van der Waals surface area contributed by atoms with Crippen LogP contribution in [-0.2, 0) is 6.54 Å². The van der Waals surface area contributed by atoms with Gasteiger partial charge in [0.25, 0.3) is 5.65 Å². The Bertz CT molecular complexity index is 546. The van der Waals surface area contributed by atoms with Crippen molar-refractivity contribution in [1.29, 1.82) is 0 Å². The molecule has 0 amide bonds. The summed E-state index contributed by atoms with van der Waals surface area (Å²) in [5.41, 5.74) is 0.375. The maximum Gasteiger partial charge on any atom is 0.341 e. The molecule has 0 fully saturated rings. The van der Waals surface area contributed by atoms with E-state index in [0.29, 0.717) is 12.2 Å². The SMILES string of the molecule is CCC[n+]1c([O-])cc(=O)n2ccccc21. The van der Waals surface area contributed by atoms with E-state index in [4.69, 9.17) is 0 Å². The van der Waals surface area contributed by atoms with Gasteiger partial charge in [-0.1, -0.05) is 13.0 Å². The average molecular weight is 204 g/mol. The summed E-state index contributed by atoms with van der Waals surface area (Å²) in [5, 5.41) is 11.6. The quantitative estimate of drug-likeness (QED) is 0.650. The third-order valence-electron chi connectivity index (χ3n) is 2.31. The van der Waals surface area contributed by atoms with Crippen molar-refractivity contribution in [3.63, 3.8) is 0 Å². The summed E-state index contributed by atoms with van der Waals surface area (Å²) >= 11 is 0. The zero-order chi connectivity index (χ0) is 10.8. The molecular weight excluding hydrogens is 192 g/mol. The van der Waals surface area contributed by atoms with E-state index in [2.05, 4.69) is 0 Å². The van der Waals surface area contributed by atoms with Gasteiger partial charge in [0.1, 0.15) is 0 Å². The normalized spacial score (nSPS) is 10.7. The molecule has 0 unspecified atom stereocenters. The Kier molecular flexibility index (Phi) is 2.41. The van der Waals surface area contributed by atoms with Crippen molar-refractivity contribution in [2.45, 2.75) is 19.9 Å². The average Bonchev–Trinajstić information content (AvgIpc) is 2.24. The molecule has 2 aromatic rings. The number of aryl methyl sites for hydroxylation is 1. The lowest BCUT2D eigenvalue weighted by Gasteiger charge is -2.10. The lowest BCUT2D eigenvalue weighted by molar-refractivity contribution is -0.716. The first kappa shape index (κ1) is 9.71. The summed E-state index contributed by atoms with van der Waals surface area (Å²) < 4.78 is 3.10. The summed E-state index contributed by atoms with van der Waals surface area (Å²) in [7, 11) is 0. The lowest BCUT2D eigenvalue weighted by atomic mass is 10.4. The summed E-state index contributed by atoms with van der Waals surface area (Å²) in [6.45, 7) is 2.63. The monoisotopic (exact) mass is 204 g/mol. The number of nitrogens with zero attached hydrogens (tertiary/aromatic N) is 2. The molecule has 4 nitrogen and oxygen atoms in total. The second kappa shape index (κ2) is 3.73. The number of hydrogen-bond donors (Lipinski definition) is 0. The van der Waals surface area contributed by atoms with E-state index in [1.54, 1.807) is 22.9 Å². The van der Waals surface area contributed by atoms with Gasteiger partial charge in [-0.3, -0.25) is 0 Å². The van der Waals surface area contributed by atoms with Gasteiger partial charge in [-0.2, -0.15) is 4.40 Å². The van der Waals surface area contributed by atoms with Crippen LogP contribution in [0, 0.1) is 0 Å². The first-order chi connectivity index (χ1) is 7.24. The lowest BCUT2D eigenvalue weighted by Crippen LogP contribution is -2.42. The van der Waals surface area contributed by atoms with Crippen LogP contribution < -0.4 is 15.2 Å². The minimum Gasteiger partial charge on any atom is -0.842 e. The van der Waals surface area contributed by atoms with Crippen LogP contribution in [0.15, 0.2) is 35.3 Å². The number of pyridine rings is 1. The van der Waals surface area contributed by atoms with Crippen LogP contribution in [-0.4, -0.2) is 4.40 Å². The van der Waals surface area contributed by atoms with Crippen molar-refractivity contribution in [2.24, 2.45) is 0 Å². The molecule has 0 radical (unpaired) electrons. The molecular formula is C11H12N2O2. The molecule has 15 heavy (non-hydrogen) atoms. The molecule has 2 heterocycles. The van der Waals surface area contributed by atoms with Crippen molar-refractivity contribution >= 4 is 5.65 Å². The molecule has 78 valence electrons. The second-order valence-corrected chi connectivity index (χ2v) is 3.40.